The summed E-state index contributed by atoms with van der Waals surface area (Å²) in [6.45, 7) is 3.98. The van der Waals surface area contributed by atoms with Gasteiger partial charge in [-0.3, -0.25) is 4.79 Å². The Morgan fingerprint density at radius 3 is 2.51 bits per heavy atom. The van der Waals surface area contributed by atoms with E-state index in [0.29, 0.717) is 5.75 Å². The lowest BCUT2D eigenvalue weighted by atomic mass is 9.97. The van der Waals surface area contributed by atoms with Gasteiger partial charge in [0.15, 0.2) is 0 Å². The van der Waals surface area contributed by atoms with Gasteiger partial charge in [-0.1, -0.05) is 66.7 Å². The van der Waals surface area contributed by atoms with Crippen LogP contribution in [0.4, 0.5) is 0 Å². The number of hydrogen-bond acceptors (Lipinski definition) is 3. The molecule has 0 saturated heterocycles. The molecule has 1 aromatic heterocycles. The van der Waals surface area contributed by atoms with Crippen LogP contribution in [-0.4, -0.2) is 19.1 Å². The minimum absolute atomic E-state index is 0.0644. The third-order valence-corrected chi connectivity index (χ3v) is 6.83. The summed E-state index contributed by atoms with van der Waals surface area (Å²) in [6, 6.07) is 29.1. The SMILES string of the molecule is COc1cc2occ(-c3ccc4ccccc4c3)c2cc1/C(C)=C/C(=O)NC(C)CCc1ccccc1. The third-order valence-electron chi connectivity index (χ3n) is 6.83. The van der Waals surface area contributed by atoms with Gasteiger partial charge < -0.3 is 14.5 Å². The minimum atomic E-state index is -0.109. The first-order chi connectivity index (χ1) is 18.0. The summed E-state index contributed by atoms with van der Waals surface area (Å²) in [5, 5.41) is 6.46. The van der Waals surface area contributed by atoms with Crippen LogP contribution in [0.25, 0.3) is 38.4 Å². The topological polar surface area (TPSA) is 51.5 Å². The molecule has 4 nitrogen and oxygen atoms in total. The van der Waals surface area contributed by atoms with E-state index in [9.17, 15) is 4.79 Å². The number of methoxy groups -OCH3 is 1. The average molecular weight is 490 g/mol. The molecule has 0 aliphatic heterocycles. The lowest BCUT2D eigenvalue weighted by molar-refractivity contribution is -0.117. The second-order valence-corrected chi connectivity index (χ2v) is 9.52. The molecule has 0 aliphatic rings. The second kappa shape index (κ2) is 10.8. The molecule has 1 N–H and O–H groups in total. The van der Waals surface area contributed by atoms with Crippen molar-refractivity contribution in [2.24, 2.45) is 0 Å². The Morgan fingerprint density at radius 2 is 1.73 bits per heavy atom. The van der Waals surface area contributed by atoms with Crippen molar-refractivity contribution in [1.82, 2.24) is 5.32 Å². The summed E-state index contributed by atoms with van der Waals surface area (Å²) in [5.74, 6) is 0.563. The molecule has 0 saturated carbocycles. The van der Waals surface area contributed by atoms with Gasteiger partial charge in [-0.15, -0.1) is 0 Å². The van der Waals surface area contributed by atoms with Crippen molar-refractivity contribution in [3.63, 3.8) is 0 Å². The van der Waals surface area contributed by atoms with Gasteiger partial charge >= 0.3 is 0 Å². The summed E-state index contributed by atoms with van der Waals surface area (Å²) in [6.07, 6.45) is 5.24. The van der Waals surface area contributed by atoms with Gasteiger partial charge in [0, 0.05) is 34.7 Å². The molecule has 1 atom stereocenters. The molecule has 5 aromatic rings. The van der Waals surface area contributed by atoms with Crippen molar-refractivity contribution in [1.29, 1.82) is 0 Å². The Hall–Kier alpha value is -4.31. The predicted molar refractivity (Wildman–Crippen MR) is 152 cm³/mol. The van der Waals surface area contributed by atoms with Gasteiger partial charge in [-0.25, -0.2) is 0 Å². The number of allylic oxidation sites excluding steroid dienone is 1. The molecule has 0 spiro atoms. The Labute approximate surface area is 217 Å². The molecule has 0 radical (unpaired) electrons. The minimum Gasteiger partial charge on any atom is -0.496 e. The van der Waals surface area contributed by atoms with E-state index in [2.05, 4.69) is 53.8 Å². The van der Waals surface area contributed by atoms with Gasteiger partial charge in [0.25, 0.3) is 0 Å². The number of nitrogens with one attached hydrogen (secondary N) is 1. The van der Waals surface area contributed by atoms with E-state index in [4.69, 9.17) is 9.15 Å². The van der Waals surface area contributed by atoms with E-state index < -0.39 is 0 Å². The standard InChI is InChI=1S/C33H31NO3/c1-22(17-33(35)34-23(2)13-14-24-9-5-4-6-10-24)28-19-29-30(21-37-32(29)20-31(28)36-3)27-16-15-25-11-7-8-12-26(25)18-27/h4-12,15-21,23H,13-14H2,1-3H3,(H,34,35)/b22-17+. The van der Waals surface area contributed by atoms with Crippen LogP contribution in [-0.2, 0) is 11.2 Å². The van der Waals surface area contributed by atoms with E-state index in [0.717, 1.165) is 46.1 Å². The summed E-state index contributed by atoms with van der Waals surface area (Å²) in [5.41, 5.74) is 5.81. The number of furan rings is 1. The highest BCUT2D eigenvalue weighted by Gasteiger charge is 2.16. The Kier molecular flexibility index (Phi) is 7.09. The molecule has 1 heterocycles. The number of benzene rings is 4. The highest BCUT2D eigenvalue weighted by molar-refractivity contribution is 6.01. The summed E-state index contributed by atoms with van der Waals surface area (Å²) in [7, 11) is 1.64. The molecule has 5 rings (SSSR count). The molecule has 1 unspecified atom stereocenters. The molecular formula is C33H31NO3. The van der Waals surface area contributed by atoms with Crippen molar-refractivity contribution in [2.75, 3.05) is 7.11 Å². The van der Waals surface area contributed by atoms with Crippen LogP contribution in [0.1, 0.15) is 31.4 Å². The van der Waals surface area contributed by atoms with E-state index in [1.165, 1.54) is 16.3 Å². The molecule has 37 heavy (non-hydrogen) atoms. The lowest BCUT2D eigenvalue weighted by Gasteiger charge is -2.14. The average Bonchev–Trinajstić information content (AvgIpc) is 3.34. The number of amides is 1. The predicted octanol–water partition coefficient (Wildman–Crippen LogP) is 7.80. The van der Waals surface area contributed by atoms with Gasteiger partial charge in [-0.2, -0.15) is 0 Å². The zero-order valence-electron chi connectivity index (χ0n) is 21.5. The maximum atomic E-state index is 12.8. The van der Waals surface area contributed by atoms with Crippen LogP contribution < -0.4 is 10.1 Å². The third kappa shape index (κ3) is 5.44. The second-order valence-electron chi connectivity index (χ2n) is 9.52. The number of hydrogen-bond donors (Lipinski definition) is 1. The fourth-order valence-electron chi connectivity index (χ4n) is 4.77. The van der Waals surface area contributed by atoms with E-state index in [1.807, 2.05) is 50.2 Å². The van der Waals surface area contributed by atoms with Gasteiger partial charge in [-0.05, 0) is 66.3 Å². The molecule has 0 bridgehead atoms. The van der Waals surface area contributed by atoms with Crippen LogP contribution in [0.15, 0.2) is 102 Å². The smallest absolute Gasteiger partial charge is 0.244 e. The first-order valence-electron chi connectivity index (χ1n) is 12.6. The van der Waals surface area contributed by atoms with Crippen molar-refractivity contribution in [2.45, 2.75) is 32.7 Å². The monoisotopic (exact) mass is 489 g/mol. The molecule has 0 aliphatic carbocycles. The Balaban J connectivity index is 1.39. The van der Waals surface area contributed by atoms with E-state index >= 15 is 0 Å². The maximum Gasteiger partial charge on any atom is 0.244 e. The normalized spacial score (nSPS) is 12.6. The highest BCUT2D eigenvalue weighted by Crippen LogP contribution is 2.38. The van der Waals surface area contributed by atoms with Crippen LogP contribution >= 0.6 is 0 Å². The van der Waals surface area contributed by atoms with Crippen molar-refractivity contribution in [3.8, 4) is 16.9 Å². The van der Waals surface area contributed by atoms with Crippen LogP contribution in [0.5, 0.6) is 5.75 Å². The first-order valence-corrected chi connectivity index (χ1v) is 12.6. The van der Waals surface area contributed by atoms with Gasteiger partial charge in [0.05, 0.1) is 13.4 Å². The Morgan fingerprint density at radius 1 is 0.973 bits per heavy atom. The van der Waals surface area contributed by atoms with Crippen molar-refractivity contribution in [3.05, 3.63) is 108 Å². The number of fused-ring (bicyclic) bond motifs is 2. The molecule has 4 aromatic carbocycles. The number of ether oxygens (including phenoxy) is 1. The van der Waals surface area contributed by atoms with E-state index in [1.54, 1.807) is 19.4 Å². The summed E-state index contributed by atoms with van der Waals surface area (Å²) < 4.78 is 11.6. The number of carbonyl (C=O) groups is 1. The quantitative estimate of drug-likeness (QED) is 0.226. The first kappa shape index (κ1) is 24.4. The summed E-state index contributed by atoms with van der Waals surface area (Å²) >= 11 is 0. The molecule has 0 fully saturated rings. The molecule has 186 valence electrons. The molecular weight excluding hydrogens is 458 g/mol. The Bertz CT molecular complexity index is 1580. The zero-order chi connectivity index (χ0) is 25.8. The molecule has 1 amide bonds. The zero-order valence-corrected chi connectivity index (χ0v) is 21.5. The highest BCUT2D eigenvalue weighted by atomic mass is 16.5. The van der Waals surface area contributed by atoms with Crippen molar-refractivity contribution >= 4 is 33.2 Å². The summed E-state index contributed by atoms with van der Waals surface area (Å²) in [4.78, 5) is 12.8. The number of aryl methyl sites for hydroxylation is 1. The van der Waals surface area contributed by atoms with Crippen LogP contribution in [0, 0.1) is 0 Å². The number of carbonyl (C=O) groups excluding carboxylic acids is 1. The maximum absolute atomic E-state index is 12.8. The van der Waals surface area contributed by atoms with Crippen LogP contribution in [0.2, 0.25) is 0 Å². The largest absolute Gasteiger partial charge is 0.496 e. The van der Waals surface area contributed by atoms with Crippen molar-refractivity contribution < 1.29 is 13.9 Å². The lowest BCUT2D eigenvalue weighted by Crippen LogP contribution is -2.31. The van der Waals surface area contributed by atoms with Crippen LogP contribution in [0.3, 0.4) is 0 Å². The van der Waals surface area contributed by atoms with Gasteiger partial charge in [0.1, 0.15) is 11.3 Å². The fourth-order valence-corrected chi connectivity index (χ4v) is 4.77. The van der Waals surface area contributed by atoms with E-state index in [-0.39, 0.29) is 11.9 Å². The van der Waals surface area contributed by atoms with Gasteiger partial charge in [0.2, 0.25) is 5.91 Å². The fraction of sp³-hybridized carbons (Fsp3) is 0.182. The molecule has 4 heteroatoms. The number of rotatable bonds is 8.